The summed E-state index contributed by atoms with van der Waals surface area (Å²) < 4.78 is 0. The minimum Gasteiger partial charge on any atom is -0.294 e. The first-order valence-corrected chi connectivity index (χ1v) is 6.66. The zero-order valence-corrected chi connectivity index (χ0v) is 11.8. The van der Waals surface area contributed by atoms with E-state index in [-0.39, 0.29) is 11.7 Å². The number of hydrogen-bond donors (Lipinski definition) is 0. The van der Waals surface area contributed by atoms with Gasteiger partial charge in [-0.3, -0.25) is 9.78 Å². The van der Waals surface area contributed by atoms with Gasteiger partial charge in [-0.25, -0.2) is 0 Å². The third kappa shape index (κ3) is 3.42. The number of rotatable bonds is 4. The standard InChI is InChI=1S/C16H16ClNO/c1-11(8-13-6-4-3-5-7-13)16-15(12(2)19)9-14(17)10-18-16/h3-7,9-11H,8H2,1-2H3/t11-/m0/s1. The average molecular weight is 274 g/mol. The Morgan fingerprint density at radius 1 is 1.32 bits per heavy atom. The van der Waals surface area contributed by atoms with Gasteiger partial charge in [0.05, 0.1) is 10.7 Å². The van der Waals surface area contributed by atoms with Crippen LogP contribution < -0.4 is 0 Å². The summed E-state index contributed by atoms with van der Waals surface area (Å²) in [7, 11) is 0. The number of carbonyl (C=O) groups is 1. The van der Waals surface area contributed by atoms with Gasteiger partial charge in [-0.1, -0.05) is 48.9 Å². The molecular weight excluding hydrogens is 258 g/mol. The largest absolute Gasteiger partial charge is 0.294 e. The summed E-state index contributed by atoms with van der Waals surface area (Å²) in [6.07, 6.45) is 2.46. The Morgan fingerprint density at radius 2 is 2.00 bits per heavy atom. The normalized spacial score (nSPS) is 12.2. The van der Waals surface area contributed by atoms with E-state index in [1.165, 1.54) is 5.56 Å². The van der Waals surface area contributed by atoms with Crippen molar-refractivity contribution in [3.05, 3.63) is 64.4 Å². The second kappa shape index (κ2) is 5.98. The second-order valence-corrected chi connectivity index (χ2v) is 5.17. The van der Waals surface area contributed by atoms with Crippen LogP contribution in [0.5, 0.6) is 0 Å². The van der Waals surface area contributed by atoms with Crippen LogP contribution in [0.4, 0.5) is 0 Å². The zero-order valence-electron chi connectivity index (χ0n) is 11.1. The molecule has 2 rings (SSSR count). The monoisotopic (exact) mass is 273 g/mol. The van der Waals surface area contributed by atoms with Crippen molar-refractivity contribution in [1.29, 1.82) is 0 Å². The summed E-state index contributed by atoms with van der Waals surface area (Å²) in [4.78, 5) is 16.0. The van der Waals surface area contributed by atoms with Crippen LogP contribution in [0.1, 0.15) is 41.4 Å². The molecule has 98 valence electrons. The molecule has 0 aliphatic carbocycles. The quantitative estimate of drug-likeness (QED) is 0.778. The molecule has 0 fully saturated rings. The van der Waals surface area contributed by atoms with Gasteiger partial charge in [0, 0.05) is 17.7 Å². The number of benzene rings is 1. The number of nitrogens with zero attached hydrogens (tertiary/aromatic N) is 1. The van der Waals surface area contributed by atoms with Crippen molar-refractivity contribution in [2.45, 2.75) is 26.2 Å². The summed E-state index contributed by atoms with van der Waals surface area (Å²) in [6, 6.07) is 11.9. The van der Waals surface area contributed by atoms with Gasteiger partial charge in [0.2, 0.25) is 0 Å². The lowest BCUT2D eigenvalue weighted by Crippen LogP contribution is -2.08. The minimum absolute atomic E-state index is 0.00455. The second-order valence-electron chi connectivity index (χ2n) is 4.73. The Hall–Kier alpha value is -1.67. The van der Waals surface area contributed by atoms with Crippen LogP contribution in [0.15, 0.2) is 42.6 Å². The van der Waals surface area contributed by atoms with E-state index in [4.69, 9.17) is 11.6 Å². The van der Waals surface area contributed by atoms with Crippen molar-refractivity contribution in [2.24, 2.45) is 0 Å². The Bertz CT molecular complexity index is 581. The number of hydrogen-bond acceptors (Lipinski definition) is 2. The number of Topliss-reactive ketones (excluding diaryl/α,β-unsaturated/α-hetero) is 1. The molecule has 0 saturated carbocycles. The van der Waals surface area contributed by atoms with Gasteiger partial charge in [0.25, 0.3) is 0 Å². The molecule has 0 aliphatic heterocycles. The summed E-state index contributed by atoms with van der Waals surface area (Å²) in [5, 5.41) is 0.501. The van der Waals surface area contributed by atoms with E-state index in [0.717, 1.165) is 12.1 Å². The highest BCUT2D eigenvalue weighted by Gasteiger charge is 2.16. The van der Waals surface area contributed by atoms with Crippen molar-refractivity contribution in [2.75, 3.05) is 0 Å². The third-order valence-corrected chi connectivity index (χ3v) is 3.32. The van der Waals surface area contributed by atoms with Crippen LogP contribution in [0.3, 0.4) is 0 Å². The predicted molar refractivity (Wildman–Crippen MR) is 77.8 cm³/mol. The van der Waals surface area contributed by atoms with E-state index in [0.29, 0.717) is 10.6 Å². The van der Waals surface area contributed by atoms with Crippen LogP contribution in [-0.4, -0.2) is 10.8 Å². The number of halogens is 1. The van der Waals surface area contributed by atoms with Crippen molar-refractivity contribution < 1.29 is 4.79 Å². The number of ketones is 1. The molecule has 1 aromatic heterocycles. The van der Waals surface area contributed by atoms with Gasteiger partial charge in [0.1, 0.15) is 0 Å². The first-order valence-electron chi connectivity index (χ1n) is 6.28. The van der Waals surface area contributed by atoms with Gasteiger partial charge >= 0.3 is 0 Å². The van der Waals surface area contributed by atoms with E-state index in [1.54, 1.807) is 19.2 Å². The van der Waals surface area contributed by atoms with Crippen LogP contribution in [0.2, 0.25) is 5.02 Å². The van der Waals surface area contributed by atoms with E-state index >= 15 is 0 Å². The Kier molecular flexibility index (Phi) is 4.33. The smallest absolute Gasteiger partial charge is 0.161 e. The zero-order chi connectivity index (χ0) is 13.8. The highest BCUT2D eigenvalue weighted by atomic mass is 35.5. The van der Waals surface area contributed by atoms with Crippen molar-refractivity contribution in [3.63, 3.8) is 0 Å². The average Bonchev–Trinajstić information content (AvgIpc) is 2.39. The van der Waals surface area contributed by atoms with Gasteiger partial charge in [-0.2, -0.15) is 0 Å². The molecule has 0 radical (unpaired) electrons. The molecule has 0 bridgehead atoms. The number of pyridine rings is 1. The molecule has 0 spiro atoms. The summed E-state index contributed by atoms with van der Waals surface area (Å²) in [5.41, 5.74) is 2.68. The molecule has 2 nitrogen and oxygen atoms in total. The van der Waals surface area contributed by atoms with Gasteiger partial charge in [-0.05, 0) is 25.0 Å². The van der Waals surface area contributed by atoms with Gasteiger partial charge in [0.15, 0.2) is 5.78 Å². The minimum atomic E-state index is 0.00455. The highest BCUT2D eigenvalue weighted by molar-refractivity contribution is 6.30. The molecule has 1 atom stereocenters. The SMILES string of the molecule is CC(=O)c1cc(Cl)cnc1[C@@H](C)Cc1ccccc1. The molecule has 1 aromatic carbocycles. The van der Waals surface area contributed by atoms with Crippen molar-refractivity contribution in [1.82, 2.24) is 4.98 Å². The lowest BCUT2D eigenvalue weighted by atomic mass is 9.93. The van der Waals surface area contributed by atoms with Crippen LogP contribution in [0.25, 0.3) is 0 Å². The number of carbonyl (C=O) groups excluding carboxylic acids is 1. The van der Waals surface area contributed by atoms with E-state index in [1.807, 2.05) is 18.2 Å². The van der Waals surface area contributed by atoms with E-state index < -0.39 is 0 Å². The fraction of sp³-hybridized carbons (Fsp3) is 0.250. The highest BCUT2D eigenvalue weighted by Crippen LogP contribution is 2.24. The maximum Gasteiger partial charge on any atom is 0.161 e. The molecule has 0 unspecified atom stereocenters. The van der Waals surface area contributed by atoms with E-state index in [2.05, 4.69) is 24.0 Å². The molecule has 0 aliphatic rings. The van der Waals surface area contributed by atoms with Crippen LogP contribution >= 0.6 is 11.6 Å². The van der Waals surface area contributed by atoms with Crippen LogP contribution in [-0.2, 0) is 6.42 Å². The number of aromatic nitrogens is 1. The first-order chi connectivity index (χ1) is 9.08. The van der Waals surface area contributed by atoms with Gasteiger partial charge < -0.3 is 0 Å². The Balaban J connectivity index is 2.28. The Labute approximate surface area is 118 Å². The molecule has 3 heteroatoms. The predicted octanol–water partition coefficient (Wildman–Crippen LogP) is 4.28. The molecule has 0 saturated heterocycles. The summed E-state index contributed by atoms with van der Waals surface area (Å²) >= 11 is 5.91. The van der Waals surface area contributed by atoms with Crippen molar-refractivity contribution in [3.8, 4) is 0 Å². The molecule has 2 aromatic rings. The lowest BCUT2D eigenvalue weighted by molar-refractivity contribution is 0.101. The first kappa shape index (κ1) is 13.8. The Morgan fingerprint density at radius 3 is 2.63 bits per heavy atom. The maximum atomic E-state index is 11.7. The van der Waals surface area contributed by atoms with Crippen molar-refractivity contribution >= 4 is 17.4 Å². The molecular formula is C16H16ClNO. The topological polar surface area (TPSA) is 30.0 Å². The fourth-order valence-corrected chi connectivity index (χ4v) is 2.35. The molecule has 19 heavy (non-hydrogen) atoms. The molecule has 0 amide bonds. The lowest BCUT2D eigenvalue weighted by Gasteiger charge is -2.14. The van der Waals surface area contributed by atoms with Gasteiger partial charge in [-0.15, -0.1) is 0 Å². The van der Waals surface area contributed by atoms with Crippen LogP contribution in [0, 0.1) is 0 Å². The van der Waals surface area contributed by atoms with E-state index in [9.17, 15) is 4.79 Å². The maximum absolute atomic E-state index is 11.7. The molecule has 1 heterocycles. The summed E-state index contributed by atoms with van der Waals surface area (Å²) in [5.74, 6) is 0.184. The fourth-order valence-electron chi connectivity index (χ4n) is 2.19. The molecule has 0 N–H and O–H groups in total. The third-order valence-electron chi connectivity index (χ3n) is 3.12. The summed E-state index contributed by atoms with van der Waals surface area (Å²) in [6.45, 7) is 3.63.